The molecule has 1 aliphatic rings. The standard InChI is InChI=1S/C23H28F3NO6/c1-14-19(27-20(32-14)16-7-9-17(10-8-16)33-23(24,25)26)13-30-18-6-4-5-15(11-18)12-31-22(2,3)21(28)29/h7-10,15,18H,4-6,11-13H2,1-3H3,(H,28,29). The van der Waals surface area contributed by atoms with E-state index in [9.17, 15) is 23.1 Å². The normalized spacial score (nSPS) is 19.5. The van der Waals surface area contributed by atoms with E-state index in [1.165, 1.54) is 38.1 Å². The number of rotatable bonds is 9. The Hall–Kier alpha value is -2.59. The minimum atomic E-state index is -4.75. The Morgan fingerprint density at radius 1 is 1.21 bits per heavy atom. The number of ether oxygens (including phenoxy) is 3. The summed E-state index contributed by atoms with van der Waals surface area (Å²) in [6.45, 7) is 5.42. The van der Waals surface area contributed by atoms with Gasteiger partial charge < -0.3 is 23.7 Å². The van der Waals surface area contributed by atoms with Crippen LogP contribution in [0, 0.1) is 12.8 Å². The first-order valence-corrected chi connectivity index (χ1v) is 10.7. The Kier molecular flexibility index (Phi) is 7.69. The molecule has 1 aromatic carbocycles. The molecule has 0 spiro atoms. The third-order valence-corrected chi connectivity index (χ3v) is 5.61. The van der Waals surface area contributed by atoms with Crippen molar-refractivity contribution in [2.24, 2.45) is 5.92 Å². The lowest BCUT2D eigenvalue weighted by Crippen LogP contribution is -2.37. The van der Waals surface area contributed by atoms with E-state index >= 15 is 0 Å². The molecule has 1 fully saturated rings. The number of oxazole rings is 1. The smallest absolute Gasteiger partial charge is 0.479 e. The predicted molar refractivity (Wildman–Crippen MR) is 112 cm³/mol. The summed E-state index contributed by atoms with van der Waals surface area (Å²) in [4.78, 5) is 15.6. The minimum absolute atomic E-state index is 0.00126. The van der Waals surface area contributed by atoms with Gasteiger partial charge in [0.1, 0.15) is 17.2 Å². The van der Waals surface area contributed by atoms with E-state index in [0.29, 0.717) is 23.6 Å². The summed E-state index contributed by atoms with van der Waals surface area (Å²) in [5.41, 5.74) is -0.0835. The lowest BCUT2D eigenvalue weighted by Gasteiger charge is -2.31. The van der Waals surface area contributed by atoms with Crippen molar-refractivity contribution >= 4 is 5.97 Å². The number of hydrogen-bond acceptors (Lipinski definition) is 6. The zero-order valence-corrected chi connectivity index (χ0v) is 18.8. The number of aryl methyl sites for hydroxylation is 1. The molecule has 0 amide bonds. The second kappa shape index (κ2) is 10.1. The molecule has 182 valence electrons. The van der Waals surface area contributed by atoms with Crippen LogP contribution in [0.15, 0.2) is 28.7 Å². The SMILES string of the molecule is Cc1oc(-c2ccc(OC(F)(F)F)cc2)nc1COC1CCCC(COC(C)(C)C(=O)O)C1. The Morgan fingerprint density at radius 3 is 2.55 bits per heavy atom. The van der Waals surface area contributed by atoms with E-state index in [4.69, 9.17) is 13.9 Å². The third-order valence-electron chi connectivity index (χ3n) is 5.61. The summed E-state index contributed by atoms with van der Waals surface area (Å²) in [5.74, 6) is -0.240. The molecule has 10 heteroatoms. The molecule has 1 heterocycles. The van der Waals surface area contributed by atoms with Crippen LogP contribution in [0.25, 0.3) is 11.5 Å². The number of halogens is 3. The molecule has 1 aliphatic carbocycles. The molecule has 7 nitrogen and oxygen atoms in total. The second-order valence-electron chi connectivity index (χ2n) is 8.69. The Morgan fingerprint density at radius 2 is 1.91 bits per heavy atom. The molecule has 2 unspecified atom stereocenters. The van der Waals surface area contributed by atoms with Gasteiger partial charge in [0.25, 0.3) is 0 Å². The summed E-state index contributed by atoms with van der Waals surface area (Å²) in [7, 11) is 0. The Labute approximate surface area is 189 Å². The minimum Gasteiger partial charge on any atom is -0.479 e. The van der Waals surface area contributed by atoms with Gasteiger partial charge in [0.05, 0.1) is 19.3 Å². The van der Waals surface area contributed by atoms with Crippen LogP contribution in [0.3, 0.4) is 0 Å². The fourth-order valence-corrected chi connectivity index (χ4v) is 3.61. The van der Waals surface area contributed by atoms with Crippen LogP contribution in [0.1, 0.15) is 51.0 Å². The van der Waals surface area contributed by atoms with Crippen LogP contribution in [0.2, 0.25) is 0 Å². The van der Waals surface area contributed by atoms with Gasteiger partial charge in [-0.05, 0) is 70.2 Å². The summed E-state index contributed by atoms with van der Waals surface area (Å²) in [5, 5.41) is 9.18. The summed E-state index contributed by atoms with van der Waals surface area (Å²) < 4.78 is 58.1. The second-order valence-corrected chi connectivity index (χ2v) is 8.69. The van der Waals surface area contributed by atoms with Crippen molar-refractivity contribution in [3.05, 3.63) is 35.7 Å². The van der Waals surface area contributed by atoms with Crippen LogP contribution >= 0.6 is 0 Å². The van der Waals surface area contributed by atoms with Crippen molar-refractivity contribution in [1.82, 2.24) is 4.98 Å². The first-order valence-electron chi connectivity index (χ1n) is 10.7. The number of nitrogens with zero attached hydrogens (tertiary/aromatic N) is 1. The van der Waals surface area contributed by atoms with E-state index in [1.54, 1.807) is 6.92 Å². The van der Waals surface area contributed by atoms with Gasteiger partial charge in [-0.3, -0.25) is 0 Å². The van der Waals surface area contributed by atoms with Gasteiger partial charge in [-0.15, -0.1) is 13.2 Å². The highest BCUT2D eigenvalue weighted by Gasteiger charge is 2.32. The Bertz CT molecular complexity index is 939. The largest absolute Gasteiger partial charge is 0.573 e. The fourth-order valence-electron chi connectivity index (χ4n) is 3.61. The van der Waals surface area contributed by atoms with Gasteiger partial charge in [-0.2, -0.15) is 0 Å². The summed E-state index contributed by atoms with van der Waals surface area (Å²) in [6.07, 6.45) is -1.18. The fraction of sp³-hybridized carbons (Fsp3) is 0.565. The first-order chi connectivity index (χ1) is 15.4. The van der Waals surface area contributed by atoms with E-state index < -0.39 is 17.9 Å². The number of carboxylic acids is 1. The number of aliphatic carboxylic acids is 1. The van der Waals surface area contributed by atoms with Crippen molar-refractivity contribution in [2.45, 2.75) is 71.1 Å². The number of aromatic nitrogens is 1. The number of carbonyl (C=O) groups is 1. The van der Waals surface area contributed by atoms with Crippen LogP contribution in [-0.4, -0.2) is 40.7 Å². The highest BCUT2D eigenvalue weighted by Crippen LogP contribution is 2.30. The molecule has 2 aromatic rings. The van der Waals surface area contributed by atoms with E-state index in [1.807, 2.05) is 0 Å². The summed E-state index contributed by atoms with van der Waals surface area (Å²) in [6, 6.07) is 5.30. The van der Waals surface area contributed by atoms with Crippen molar-refractivity contribution in [2.75, 3.05) is 6.61 Å². The van der Waals surface area contributed by atoms with Crippen molar-refractivity contribution in [1.29, 1.82) is 0 Å². The first kappa shape index (κ1) is 25.0. The van der Waals surface area contributed by atoms with Gasteiger partial charge in [0, 0.05) is 5.56 Å². The molecule has 0 aliphatic heterocycles. The van der Waals surface area contributed by atoms with Crippen LogP contribution in [-0.2, 0) is 20.9 Å². The van der Waals surface area contributed by atoms with Gasteiger partial charge in [-0.1, -0.05) is 6.42 Å². The molecule has 0 saturated heterocycles. The lowest BCUT2D eigenvalue weighted by molar-refractivity contribution is -0.274. The lowest BCUT2D eigenvalue weighted by atomic mass is 9.87. The monoisotopic (exact) mass is 471 g/mol. The molecule has 2 atom stereocenters. The van der Waals surface area contributed by atoms with Gasteiger partial charge >= 0.3 is 12.3 Å². The zero-order chi connectivity index (χ0) is 24.2. The molecule has 1 N–H and O–H groups in total. The number of alkyl halides is 3. The molecule has 1 saturated carbocycles. The molecule has 1 aromatic heterocycles. The van der Waals surface area contributed by atoms with Gasteiger partial charge in [-0.25, -0.2) is 9.78 Å². The van der Waals surface area contributed by atoms with E-state index in [0.717, 1.165) is 25.7 Å². The van der Waals surface area contributed by atoms with Gasteiger partial charge in [0.15, 0.2) is 5.60 Å². The number of benzene rings is 1. The van der Waals surface area contributed by atoms with Crippen LogP contribution in [0.4, 0.5) is 13.2 Å². The number of hydrogen-bond donors (Lipinski definition) is 1. The van der Waals surface area contributed by atoms with Crippen molar-refractivity contribution in [3.63, 3.8) is 0 Å². The van der Waals surface area contributed by atoms with Gasteiger partial charge in [0.2, 0.25) is 5.89 Å². The quantitative estimate of drug-likeness (QED) is 0.516. The van der Waals surface area contributed by atoms with Crippen molar-refractivity contribution < 1.29 is 41.7 Å². The molecule has 0 bridgehead atoms. The predicted octanol–water partition coefficient (Wildman–Crippen LogP) is 5.50. The number of carboxylic acid groups (broad SMARTS) is 1. The topological polar surface area (TPSA) is 91.0 Å². The van der Waals surface area contributed by atoms with Crippen molar-refractivity contribution in [3.8, 4) is 17.2 Å². The average Bonchev–Trinajstić information content (AvgIpc) is 3.11. The maximum Gasteiger partial charge on any atom is 0.573 e. The molecular formula is C23H28F3NO6. The average molecular weight is 471 g/mol. The molecule has 0 radical (unpaired) electrons. The highest BCUT2D eigenvalue weighted by molar-refractivity contribution is 5.76. The third kappa shape index (κ3) is 7.20. The van der Waals surface area contributed by atoms with Crippen LogP contribution in [0.5, 0.6) is 5.75 Å². The summed E-state index contributed by atoms with van der Waals surface area (Å²) >= 11 is 0. The van der Waals surface area contributed by atoms with E-state index in [2.05, 4.69) is 9.72 Å². The maximum absolute atomic E-state index is 12.3. The molecule has 3 rings (SSSR count). The van der Waals surface area contributed by atoms with E-state index in [-0.39, 0.29) is 30.3 Å². The highest BCUT2D eigenvalue weighted by atomic mass is 19.4. The van der Waals surface area contributed by atoms with Crippen LogP contribution < -0.4 is 4.74 Å². The molecular weight excluding hydrogens is 443 g/mol. The Balaban J connectivity index is 1.54. The maximum atomic E-state index is 12.3. The molecule has 33 heavy (non-hydrogen) atoms. The zero-order valence-electron chi connectivity index (χ0n) is 18.8.